The lowest BCUT2D eigenvalue weighted by atomic mass is 9.89. The molecule has 0 saturated heterocycles. The maximum absolute atomic E-state index is 10.7. The van der Waals surface area contributed by atoms with Crippen LogP contribution in [0.4, 0.5) is 0 Å². The lowest BCUT2D eigenvalue weighted by molar-refractivity contribution is -0.524. The van der Waals surface area contributed by atoms with E-state index in [1.165, 1.54) is 0 Å². The van der Waals surface area contributed by atoms with Crippen molar-refractivity contribution in [3.63, 3.8) is 0 Å². The predicted molar refractivity (Wildman–Crippen MR) is 55.4 cm³/mol. The van der Waals surface area contributed by atoms with Gasteiger partial charge in [0.1, 0.15) is 0 Å². The van der Waals surface area contributed by atoms with Crippen LogP contribution in [0.5, 0.6) is 0 Å². The monoisotopic (exact) mass is 225 g/mol. The molecule has 0 aromatic carbocycles. The molecule has 1 aliphatic rings. The quantitative estimate of drug-likeness (QED) is 0.604. The number of nitrogens with zero attached hydrogens (tertiary/aromatic N) is 4. The van der Waals surface area contributed by atoms with Gasteiger partial charge in [-0.15, -0.1) is 10.2 Å². The Morgan fingerprint density at radius 1 is 1.25 bits per heavy atom. The van der Waals surface area contributed by atoms with Crippen LogP contribution in [0, 0.1) is 10.1 Å². The number of aromatic nitrogens is 4. The van der Waals surface area contributed by atoms with E-state index < -0.39 is 0 Å². The van der Waals surface area contributed by atoms with Crippen LogP contribution in [0.1, 0.15) is 50.3 Å². The molecule has 0 bridgehead atoms. The van der Waals surface area contributed by atoms with Crippen LogP contribution in [0.15, 0.2) is 0 Å². The molecule has 1 heterocycles. The number of nitrogens with one attached hydrogen (secondary N) is 1. The van der Waals surface area contributed by atoms with Crippen molar-refractivity contribution in [1.29, 1.82) is 0 Å². The van der Waals surface area contributed by atoms with E-state index in [4.69, 9.17) is 0 Å². The van der Waals surface area contributed by atoms with Gasteiger partial charge in [-0.1, -0.05) is 5.21 Å². The second kappa shape index (κ2) is 5.00. The Bertz CT molecular complexity index is 330. The molecule has 1 fully saturated rings. The summed E-state index contributed by atoms with van der Waals surface area (Å²) >= 11 is 0. The number of rotatable bonds is 2. The Morgan fingerprint density at radius 3 is 2.44 bits per heavy atom. The number of tetrazole rings is 1. The molecule has 1 N–H and O–H groups in total. The molecule has 7 nitrogen and oxygen atoms in total. The molecular formula is C9H15N5O2. The number of H-pyrrole nitrogens is 1. The first-order chi connectivity index (χ1) is 7.77. The van der Waals surface area contributed by atoms with Crippen LogP contribution in [0.2, 0.25) is 0 Å². The van der Waals surface area contributed by atoms with E-state index in [0.29, 0.717) is 18.8 Å². The molecule has 0 unspecified atom stereocenters. The van der Waals surface area contributed by atoms with E-state index in [1.54, 1.807) is 0 Å². The summed E-state index contributed by atoms with van der Waals surface area (Å²) in [4.78, 5) is 10.6. The minimum absolute atomic E-state index is 0.144. The van der Waals surface area contributed by atoms with Gasteiger partial charge in [0.05, 0.1) is 0 Å². The van der Waals surface area contributed by atoms with Gasteiger partial charge in [-0.05, 0) is 25.7 Å². The molecule has 1 saturated carbocycles. The fourth-order valence-corrected chi connectivity index (χ4v) is 2.30. The van der Waals surface area contributed by atoms with Crippen LogP contribution < -0.4 is 0 Å². The number of aromatic amines is 1. The third-order valence-electron chi connectivity index (χ3n) is 3.20. The van der Waals surface area contributed by atoms with E-state index in [9.17, 15) is 10.1 Å². The van der Waals surface area contributed by atoms with Crippen molar-refractivity contribution >= 4 is 0 Å². The molecule has 1 aromatic rings. The minimum Gasteiger partial charge on any atom is -0.264 e. The predicted octanol–water partition coefficient (Wildman–Crippen LogP) is 1.28. The van der Waals surface area contributed by atoms with Crippen molar-refractivity contribution in [3.8, 4) is 0 Å². The fourth-order valence-electron chi connectivity index (χ4n) is 2.30. The Labute approximate surface area is 92.8 Å². The molecule has 0 aliphatic heterocycles. The summed E-state index contributed by atoms with van der Waals surface area (Å²) in [5, 5.41) is 24.7. The average Bonchev–Trinajstić information content (AvgIpc) is 2.69. The molecule has 2 rings (SSSR count). The summed E-state index contributed by atoms with van der Waals surface area (Å²) in [6.07, 6.45) is 4.91. The first-order valence-corrected chi connectivity index (χ1v) is 5.64. The lowest BCUT2D eigenvalue weighted by Crippen LogP contribution is -2.21. The highest BCUT2D eigenvalue weighted by molar-refractivity contribution is 4.91. The van der Waals surface area contributed by atoms with Gasteiger partial charge < -0.3 is 0 Å². The third kappa shape index (κ3) is 2.53. The van der Waals surface area contributed by atoms with Gasteiger partial charge in [-0.25, -0.2) is 0 Å². The zero-order valence-corrected chi connectivity index (χ0v) is 9.00. The Hall–Kier alpha value is -1.53. The van der Waals surface area contributed by atoms with Crippen molar-refractivity contribution in [2.45, 2.75) is 50.5 Å². The number of hydrogen-bond acceptors (Lipinski definition) is 5. The van der Waals surface area contributed by atoms with Crippen LogP contribution in [-0.2, 0) is 0 Å². The van der Waals surface area contributed by atoms with Gasteiger partial charge in [0.15, 0.2) is 5.82 Å². The Morgan fingerprint density at radius 2 is 1.94 bits per heavy atom. The molecule has 1 aliphatic carbocycles. The minimum atomic E-state index is -0.355. The topological polar surface area (TPSA) is 97.6 Å². The van der Waals surface area contributed by atoms with Crippen LogP contribution in [0.3, 0.4) is 0 Å². The molecule has 0 spiro atoms. The molecule has 88 valence electrons. The number of hydrogen-bond donors (Lipinski definition) is 1. The number of nitro groups is 1. The summed E-state index contributed by atoms with van der Waals surface area (Å²) < 4.78 is 0. The zero-order valence-electron chi connectivity index (χ0n) is 9.00. The van der Waals surface area contributed by atoms with E-state index in [-0.39, 0.29) is 11.0 Å². The second-order valence-corrected chi connectivity index (χ2v) is 4.27. The van der Waals surface area contributed by atoms with E-state index in [1.807, 2.05) is 0 Å². The normalized spacial score (nSPS) is 27.0. The van der Waals surface area contributed by atoms with Crippen molar-refractivity contribution < 1.29 is 4.92 Å². The average molecular weight is 225 g/mol. The van der Waals surface area contributed by atoms with Gasteiger partial charge in [0, 0.05) is 23.7 Å². The lowest BCUT2D eigenvalue weighted by Gasteiger charge is -2.18. The van der Waals surface area contributed by atoms with Gasteiger partial charge in [0.2, 0.25) is 6.04 Å². The maximum Gasteiger partial charge on any atom is 0.213 e. The standard InChI is InChI=1S/C9H15N5O2/c15-14(16)8-5-1-3-7(4-2-6-8)9-10-12-13-11-9/h7-8H,1-6H2,(H,10,11,12,13). The van der Waals surface area contributed by atoms with Crippen LogP contribution in [-0.4, -0.2) is 31.6 Å². The highest BCUT2D eigenvalue weighted by atomic mass is 16.6. The first kappa shape index (κ1) is 11.0. The maximum atomic E-state index is 10.7. The molecule has 0 amide bonds. The molecule has 0 atom stereocenters. The summed E-state index contributed by atoms with van der Waals surface area (Å²) in [5.41, 5.74) is 0. The smallest absolute Gasteiger partial charge is 0.213 e. The highest BCUT2D eigenvalue weighted by Crippen LogP contribution is 2.29. The highest BCUT2D eigenvalue weighted by Gasteiger charge is 2.25. The molecular weight excluding hydrogens is 210 g/mol. The van der Waals surface area contributed by atoms with Crippen LogP contribution in [0.25, 0.3) is 0 Å². The Balaban J connectivity index is 1.91. The fraction of sp³-hybridized carbons (Fsp3) is 0.889. The second-order valence-electron chi connectivity index (χ2n) is 4.27. The van der Waals surface area contributed by atoms with Crippen molar-refractivity contribution in [3.05, 3.63) is 15.9 Å². The zero-order chi connectivity index (χ0) is 11.4. The van der Waals surface area contributed by atoms with Crippen molar-refractivity contribution in [1.82, 2.24) is 20.6 Å². The first-order valence-electron chi connectivity index (χ1n) is 5.64. The van der Waals surface area contributed by atoms with Gasteiger partial charge in [-0.2, -0.15) is 5.21 Å². The van der Waals surface area contributed by atoms with E-state index >= 15 is 0 Å². The van der Waals surface area contributed by atoms with E-state index in [2.05, 4.69) is 20.6 Å². The molecule has 7 heteroatoms. The van der Waals surface area contributed by atoms with Gasteiger partial charge >= 0.3 is 0 Å². The van der Waals surface area contributed by atoms with Gasteiger partial charge in [0.25, 0.3) is 0 Å². The molecule has 1 aromatic heterocycles. The summed E-state index contributed by atoms with van der Waals surface area (Å²) in [7, 11) is 0. The van der Waals surface area contributed by atoms with Crippen molar-refractivity contribution in [2.24, 2.45) is 0 Å². The summed E-state index contributed by atoms with van der Waals surface area (Å²) in [5.74, 6) is 1.06. The summed E-state index contributed by atoms with van der Waals surface area (Å²) in [6.45, 7) is 0. The third-order valence-corrected chi connectivity index (χ3v) is 3.20. The summed E-state index contributed by atoms with van der Waals surface area (Å²) in [6, 6.07) is -0.355. The van der Waals surface area contributed by atoms with Crippen molar-refractivity contribution in [2.75, 3.05) is 0 Å². The largest absolute Gasteiger partial charge is 0.264 e. The molecule has 16 heavy (non-hydrogen) atoms. The molecule has 0 radical (unpaired) electrons. The van der Waals surface area contributed by atoms with E-state index in [0.717, 1.165) is 31.5 Å². The van der Waals surface area contributed by atoms with Crippen LogP contribution >= 0.6 is 0 Å². The van der Waals surface area contributed by atoms with Gasteiger partial charge in [-0.3, -0.25) is 10.1 Å². The SMILES string of the molecule is O=[N+]([O-])C1CCCC(c2nn[nH]n2)CCC1. The Kier molecular flexibility index (Phi) is 3.43.